The molecule has 1 atom stereocenters. The van der Waals surface area contributed by atoms with Crippen LogP contribution in [-0.2, 0) is 10.3 Å². The normalized spacial score (nSPS) is 20.9. The summed E-state index contributed by atoms with van der Waals surface area (Å²) in [5.41, 5.74) is 5.91. The van der Waals surface area contributed by atoms with E-state index in [0.29, 0.717) is 0 Å². The van der Waals surface area contributed by atoms with Gasteiger partial charge in [0.1, 0.15) is 6.10 Å². The molecule has 1 aliphatic carbocycles. The lowest BCUT2D eigenvalue weighted by atomic mass is 9.94. The molecule has 4 rings (SSSR count). The van der Waals surface area contributed by atoms with Crippen LogP contribution in [0.15, 0.2) is 53.7 Å². The number of hydrogen-bond acceptors (Lipinski definition) is 3. The number of benzene rings is 2. The Balaban J connectivity index is 1.47. The molecule has 0 saturated heterocycles. The van der Waals surface area contributed by atoms with E-state index in [1.807, 2.05) is 0 Å². The van der Waals surface area contributed by atoms with Gasteiger partial charge in [-0.1, -0.05) is 67.0 Å². The predicted molar refractivity (Wildman–Crippen MR) is 101 cm³/mol. The van der Waals surface area contributed by atoms with Crippen LogP contribution in [-0.4, -0.2) is 23.5 Å². The van der Waals surface area contributed by atoms with Gasteiger partial charge in [0.15, 0.2) is 0 Å². The Morgan fingerprint density at radius 2 is 1.60 bits per heavy atom. The fourth-order valence-electron chi connectivity index (χ4n) is 3.64. The van der Waals surface area contributed by atoms with Crippen molar-refractivity contribution in [3.05, 3.63) is 59.7 Å². The molecule has 3 heteroatoms. The van der Waals surface area contributed by atoms with E-state index in [0.717, 1.165) is 43.4 Å². The largest absolute Gasteiger partial charge is 0.395 e. The monoisotopic (exact) mass is 335 g/mol. The van der Waals surface area contributed by atoms with Crippen molar-refractivity contribution in [2.75, 3.05) is 6.61 Å². The molecule has 1 N–H and O–H groups in total. The molecule has 1 aliphatic heterocycles. The molecule has 2 aromatic carbocycles. The molecule has 130 valence electrons. The molecule has 25 heavy (non-hydrogen) atoms. The molecule has 0 amide bonds. The van der Waals surface area contributed by atoms with E-state index in [-0.39, 0.29) is 18.1 Å². The fourth-order valence-corrected chi connectivity index (χ4v) is 3.64. The average molecular weight is 335 g/mol. The van der Waals surface area contributed by atoms with Gasteiger partial charge in [-0.2, -0.15) is 0 Å². The second-order valence-corrected chi connectivity index (χ2v) is 7.35. The van der Waals surface area contributed by atoms with Gasteiger partial charge in [-0.3, -0.25) is 0 Å². The molecule has 1 fully saturated rings. The van der Waals surface area contributed by atoms with Gasteiger partial charge in [-0.15, -0.1) is 0 Å². The zero-order valence-electron chi connectivity index (χ0n) is 14.7. The minimum Gasteiger partial charge on any atom is -0.395 e. The van der Waals surface area contributed by atoms with E-state index in [1.165, 1.54) is 16.7 Å². The van der Waals surface area contributed by atoms with E-state index < -0.39 is 0 Å². The molecule has 0 unspecified atom stereocenters. The van der Waals surface area contributed by atoms with Gasteiger partial charge in [-0.05, 0) is 41.5 Å². The number of rotatable bonds is 6. The van der Waals surface area contributed by atoms with Gasteiger partial charge in [0.25, 0.3) is 0 Å². The molecule has 0 aromatic heterocycles. The van der Waals surface area contributed by atoms with Gasteiger partial charge in [0.2, 0.25) is 0 Å². The molecule has 2 aromatic rings. The lowest BCUT2D eigenvalue weighted by molar-refractivity contribution is 0.0786. The van der Waals surface area contributed by atoms with Crippen LogP contribution < -0.4 is 0 Å². The van der Waals surface area contributed by atoms with Crippen LogP contribution in [0, 0.1) is 0 Å². The smallest absolute Gasteiger partial charge is 0.133 e. The van der Waals surface area contributed by atoms with Crippen molar-refractivity contribution in [2.45, 2.75) is 50.5 Å². The average Bonchev–Trinajstić information content (AvgIpc) is 3.34. The number of oxime groups is 1. The minimum atomic E-state index is 0.0397. The first kappa shape index (κ1) is 16.3. The lowest BCUT2D eigenvalue weighted by Crippen LogP contribution is -2.11. The second kappa shape index (κ2) is 6.64. The molecule has 0 spiro atoms. The van der Waals surface area contributed by atoms with Gasteiger partial charge in [0, 0.05) is 11.8 Å². The van der Waals surface area contributed by atoms with E-state index in [2.05, 4.69) is 60.6 Å². The summed E-state index contributed by atoms with van der Waals surface area (Å²) in [5, 5.41) is 13.8. The van der Waals surface area contributed by atoms with Crippen molar-refractivity contribution in [3.63, 3.8) is 0 Å². The molecular weight excluding hydrogens is 310 g/mol. The highest BCUT2D eigenvalue weighted by Gasteiger charge is 2.43. The van der Waals surface area contributed by atoms with Crippen LogP contribution in [0.5, 0.6) is 0 Å². The maximum absolute atomic E-state index is 9.56. The lowest BCUT2D eigenvalue weighted by Gasteiger charge is -2.13. The van der Waals surface area contributed by atoms with Crippen molar-refractivity contribution < 1.29 is 9.94 Å². The maximum Gasteiger partial charge on any atom is 0.133 e. The molecule has 2 aliphatic rings. The quantitative estimate of drug-likeness (QED) is 0.833. The fraction of sp³-hybridized carbons (Fsp3) is 0.409. The maximum atomic E-state index is 9.56. The second-order valence-electron chi connectivity index (χ2n) is 7.35. The summed E-state index contributed by atoms with van der Waals surface area (Å²) < 4.78 is 0. The SMILES string of the molecule is CCC[C@H]1CC(c2ccc(-c3ccc(C4(CO)CC4)cc3)cc2)=NO1. The van der Waals surface area contributed by atoms with E-state index in [4.69, 9.17) is 4.84 Å². The Morgan fingerprint density at radius 3 is 2.16 bits per heavy atom. The van der Waals surface area contributed by atoms with Crippen LogP contribution in [0.3, 0.4) is 0 Å². The first-order valence-electron chi connectivity index (χ1n) is 9.29. The van der Waals surface area contributed by atoms with Crippen LogP contribution in [0.1, 0.15) is 50.2 Å². The first-order chi connectivity index (χ1) is 12.2. The van der Waals surface area contributed by atoms with Gasteiger partial charge in [-0.25, -0.2) is 0 Å². The summed E-state index contributed by atoms with van der Waals surface area (Å²) in [4.78, 5) is 5.50. The number of nitrogens with zero attached hydrogens (tertiary/aromatic N) is 1. The molecule has 1 saturated carbocycles. The molecular formula is C22H25NO2. The third-order valence-corrected chi connectivity index (χ3v) is 5.55. The number of aliphatic hydroxyl groups is 1. The van der Waals surface area contributed by atoms with Crippen molar-refractivity contribution in [1.82, 2.24) is 0 Å². The van der Waals surface area contributed by atoms with Crippen molar-refractivity contribution >= 4 is 5.71 Å². The van der Waals surface area contributed by atoms with E-state index in [1.54, 1.807) is 0 Å². The minimum absolute atomic E-state index is 0.0397. The summed E-state index contributed by atoms with van der Waals surface area (Å²) in [6.45, 7) is 2.43. The van der Waals surface area contributed by atoms with Gasteiger partial charge < -0.3 is 9.94 Å². The Labute approximate surface area is 149 Å². The predicted octanol–water partition coefficient (Wildman–Crippen LogP) is 4.67. The number of aliphatic hydroxyl groups excluding tert-OH is 1. The van der Waals surface area contributed by atoms with Crippen molar-refractivity contribution in [1.29, 1.82) is 0 Å². The Kier molecular flexibility index (Phi) is 4.34. The Hall–Kier alpha value is -2.13. The topological polar surface area (TPSA) is 41.8 Å². The van der Waals surface area contributed by atoms with Gasteiger partial charge in [0.05, 0.1) is 12.3 Å². The van der Waals surface area contributed by atoms with Crippen LogP contribution in [0.2, 0.25) is 0 Å². The molecule has 3 nitrogen and oxygen atoms in total. The van der Waals surface area contributed by atoms with Crippen molar-refractivity contribution in [3.8, 4) is 11.1 Å². The van der Waals surface area contributed by atoms with Crippen LogP contribution in [0.25, 0.3) is 11.1 Å². The highest BCUT2D eigenvalue weighted by Crippen LogP contribution is 2.47. The summed E-state index contributed by atoms with van der Waals surface area (Å²) in [6.07, 6.45) is 5.54. The molecule has 0 bridgehead atoms. The Morgan fingerprint density at radius 1 is 1.00 bits per heavy atom. The molecule has 0 radical (unpaired) electrons. The standard InChI is InChI=1S/C22H25NO2/c1-2-3-20-14-21(23-25-20)18-6-4-16(5-7-18)17-8-10-19(11-9-17)22(15-24)12-13-22/h4-11,20,24H,2-3,12-15H2,1H3/t20-/m0/s1. The molecule has 1 heterocycles. The zero-order chi connectivity index (χ0) is 17.3. The highest BCUT2D eigenvalue weighted by molar-refractivity contribution is 6.01. The van der Waals surface area contributed by atoms with Crippen molar-refractivity contribution in [2.24, 2.45) is 5.16 Å². The van der Waals surface area contributed by atoms with Gasteiger partial charge >= 0.3 is 0 Å². The summed E-state index contributed by atoms with van der Waals surface area (Å²) >= 11 is 0. The van der Waals surface area contributed by atoms with Crippen LogP contribution in [0.4, 0.5) is 0 Å². The highest BCUT2D eigenvalue weighted by atomic mass is 16.6. The number of hydrogen-bond donors (Lipinski definition) is 1. The summed E-state index contributed by atoms with van der Waals surface area (Å²) in [5.74, 6) is 0. The van der Waals surface area contributed by atoms with Crippen LogP contribution >= 0.6 is 0 Å². The van der Waals surface area contributed by atoms with E-state index >= 15 is 0 Å². The third-order valence-electron chi connectivity index (χ3n) is 5.55. The Bertz CT molecular complexity index is 758. The first-order valence-corrected chi connectivity index (χ1v) is 9.29. The van der Waals surface area contributed by atoms with E-state index in [9.17, 15) is 5.11 Å². The summed E-state index contributed by atoms with van der Waals surface area (Å²) in [6, 6.07) is 17.2. The zero-order valence-corrected chi connectivity index (χ0v) is 14.7. The summed E-state index contributed by atoms with van der Waals surface area (Å²) in [7, 11) is 0. The third kappa shape index (κ3) is 3.21.